The van der Waals surface area contributed by atoms with Gasteiger partial charge in [0.05, 0.1) is 22.5 Å². The molecule has 8 heteroatoms. The quantitative estimate of drug-likeness (QED) is 0.208. The van der Waals surface area contributed by atoms with Crippen LogP contribution in [-0.2, 0) is 4.74 Å². The Balaban J connectivity index is 1.88. The largest absolute Gasteiger partial charge is 0.465 e. The SMILES string of the molecule is COC(=O)c1ccc(C=Cc2ccc([N+](=O)[O-])cc2)cc1C=Cc1ccc([N+](=O)[O-])cc1. The lowest BCUT2D eigenvalue weighted by Crippen LogP contribution is -2.03. The van der Waals surface area contributed by atoms with Gasteiger partial charge in [-0.15, -0.1) is 0 Å². The Morgan fingerprint density at radius 2 is 1.16 bits per heavy atom. The first-order valence-corrected chi connectivity index (χ1v) is 9.45. The zero-order valence-electron chi connectivity index (χ0n) is 17.0. The van der Waals surface area contributed by atoms with Gasteiger partial charge in [-0.3, -0.25) is 20.2 Å². The summed E-state index contributed by atoms with van der Waals surface area (Å²) in [5, 5.41) is 21.6. The van der Waals surface area contributed by atoms with E-state index in [4.69, 9.17) is 4.74 Å². The summed E-state index contributed by atoms with van der Waals surface area (Å²) < 4.78 is 4.85. The molecule has 8 nitrogen and oxygen atoms in total. The number of rotatable bonds is 7. The van der Waals surface area contributed by atoms with E-state index in [1.54, 1.807) is 60.7 Å². The van der Waals surface area contributed by atoms with Gasteiger partial charge >= 0.3 is 5.97 Å². The van der Waals surface area contributed by atoms with E-state index >= 15 is 0 Å². The lowest BCUT2D eigenvalue weighted by atomic mass is 10.0. The molecule has 0 N–H and O–H groups in total. The molecular weight excluding hydrogens is 412 g/mol. The number of carbonyl (C=O) groups is 1. The summed E-state index contributed by atoms with van der Waals surface area (Å²) in [5.74, 6) is -0.487. The maximum absolute atomic E-state index is 12.1. The second-order valence-corrected chi connectivity index (χ2v) is 6.70. The first-order valence-electron chi connectivity index (χ1n) is 9.45. The molecule has 0 fully saturated rings. The zero-order valence-corrected chi connectivity index (χ0v) is 17.0. The number of nitrogens with zero attached hydrogens (tertiary/aromatic N) is 2. The maximum atomic E-state index is 12.1. The van der Waals surface area contributed by atoms with E-state index in [1.807, 2.05) is 6.08 Å². The van der Waals surface area contributed by atoms with Gasteiger partial charge in [-0.2, -0.15) is 0 Å². The zero-order chi connectivity index (χ0) is 23.1. The molecule has 0 aliphatic heterocycles. The first-order chi connectivity index (χ1) is 15.4. The van der Waals surface area contributed by atoms with Crippen LogP contribution in [0.25, 0.3) is 24.3 Å². The van der Waals surface area contributed by atoms with Crippen molar-refractivity contribution in [2.75, 3.05) is 7.11 Å². The predicted molar refractivity (Wildman–Crippen MR) is 122 cm³/mol. The van der Waals surface area contributed by atoms with Crippen molar-refractivity contribution in [3.8, 4) is 0 Å². The van der Waals surface area contributed by atoms with Crippen LogP contribution in [-0.4, -0.2) is 22.9 Å². The molecule has 0 heterocycles. The minimum atomic E-state index is -0.487. The van der Waals surface area contributed by atoms with Gasteiger partial charge in [-0.1, -0.05) is 30.4 Å². The van der Waals surface area contributed by atoms with Crippen molar-refractivity contribution >= 4 is 41.6 Å². The topological polar surface area (TPSA) is 113 Å². The lowest BCUT2D eigenvalue weighted by molar-refractivity contribution is -0.385. The molecule has 0 radical (unpaired) electrons. The molecule has 3 aromatic carbocycles. The molecule has 0 saturated heterocycles. The number of benzene rings is 3. The third-order valence-electron chi connectivity index (χ3n) is 4.61. The Kier molecular flexibility index (Phi) is 6.87. The fourth-order valence-corrected chi connectivity index (χ4v) is 2.91. The van der Waals surface area contributed by atoms with Crippen LogP contribution in [0.4, 0.5) is 11.4 Å². The van der Waals surface area contributed by atoms with Crippen molar-refractivity contribution in [3.05, 3.63) is 115 Å². The molecule has 0 bridgehead atoms. The van der Waals surface area contributed by atoms with Gasteiger partial charge < -0.3 is 4.74 Å². The van der Waals surface area contributed by atoms with Gasteiger partial charge in [-0.05, 0) is 58.7 Å². The van der Waals surface area contributed by atoms with Crippen LogP contribution < -0.4 is 0 Å². The van der Waals surface area contributed by atoms with Gasteiger partial charge in [0, 0.05) is 24.3 Å². The average Bonchev–Trinajstić information content (AvgIpc) is 2.81. The summed E-state index contributed by atoms with van der Waals surface area (Å²) in [4.78, 5) is 32.8. The van der Waals surface area contributed by atoms with E-state index in [9.17, 15) is 25.0 Å². The summed E-state index contributed by atoms with van der Waals surface area (Å²) in [7, 11) is 1.30. The fraction of sp³-hybridized carbons (Fsp3) is 0.0417. The van der Waals surface area contributed by atoms with E-state index in [-0.39, 0.29) is 11.4 Å². The normalized spacial score (nSPS) is 11.0. The number of nitro groups is 2. The smallest absolute Gasteiger partial charge is 0.338 e. The lowest BCUT2D eigenvalue weighted by Gasteiger charge is -2.06. The Hall–Kier alpha value is -4.59. The van der Waals surface area contributed by atoms with Crippen LogP contribution in [0.15, 0.2) is 66.7 Å². The molecule has 0 unspecified atom stereocenters. The van der Waals surface area contributed by atoms with Crippen molar-refractivity contribution < 1.29 is 19.4 Å². The molecule has 0 atom stereocenters. The van der Waals surface area contributed by atoms with Gasteiger partial charge in [0.15, 0.2) is 0 Å². The van der Waals surface area contributed by atoms with Crippen molar-refractivity contribution in [1.29, 1.82) is 0 Å². The van der Waals surface area contributed by atoms with Crippen LogP contribution >= 0.6 is 0 Å². The van der Waals surface area contributed by atoms with Crippen LogP contribution in [0.3, 0.4) is 0 Å². The highest BCUT2D eigenvalue weighted by Gasteiger charge is 2.10. The van der Waals surface area contributed by atoms with Gasteiger partial charge in [0.1, 0.15) is 0 Å². The molecule has 0 saturated carbocycles. The molecule has 160 valence electrons. The van der Waals surface area contributed by atoms with E-state index in [2.05, 4.69) is 0 Å². The van der Waals surface area contributed by atoms with Gasteiger partial charge in [0.2, 0.25) is 0 Å². The Bertz CT molecular complexity index is 1210. The highest BCUT2D eigenvalue weighted by atomic mass is 16.6. The number of ether oxygens (including phenoxy) is 1. The first kappa shape index (κ1) is 22.1. The van der Waals surface area contributed by atoms with Gasteiger partial charge in [0.25, 0.3) is 11.4 Å². The number of hydrogen-bond acceptors (Lipinski definition) is 6. The number of hydrogen-bond donors (Lipinski definition) is 0. The number of carbonyl (C=O) groups excluding carboxylic acids is 1. The average molecular weight is 430 g/mol. The molecule has 0 spiro atoms. The van der Waals surface area contributed by atoms with E-state index in [0.717, 1.165) is 16.7 Å². The number of nitro benzene ring substituents is 2. The van der Waals surface area contributed by atoms with Crippen LogP contribution in [0.5, 0.6) is 0 Å². The minimum Gasteiger partial charge on any atom is -0.465 e. The van der Waals surface area contributed by atoms with Crippen molar-refractivity contribution in [1.82, 2.24) is 0 Å². The van der Waals surface area contributed by atoms with E-state index in [0.29, 0.717) is 11.1 Å². The molecule has 0 aliphatic rings. The number of non-ortho nitro benzene ring substituents is 2. The Labute approximate surface area is 183 Å². The Morgan fingerprint density at radius 1 is 0.719 bits per heavy atom. The molecule has 0 amide bonds. The van der Waals surface area contributed by atoms with Crippen molar-refractivity contribution in [3.63, 3.8) is 0 Å². The van der Waals surface area contributed by atoms with Crippen LogP contribution in [0.1, 0.15) is 32.6 Å². The van der Waals surface area contributed by atoms with Crippen LogP contribution in [0.2, 0.25) is 0 Å². The summed E-state index contributed by atoms with van der Waals surface area (Å²) in [6.07, 6.45) is 7.11. The monoisotopic (exact) mass is 430 g/mol. The summed E-state index contributed by atoms with van der Waals surface area (Å²) in [6.45, 7) is 0. The van der Waals surface area contributed by atoms with E-state index < -0.39 is 15.8 Å². The molecule has 3 aromatic rings. The Morgan fingerprint density at radius 3 is 1.62 bits per heavy atom. The minimum absolute atomic E-state index is 0.00391. The third kappa shape index (κ3) is 5.51. The number of esters is 1. The van der Waals surface area contributed by atoms with E-state index in [1.165, 1.54) is 31.4 Å². The van der Waals surface area contributed by atoms with Crippen molar-refractivity contribution in [2.45, 2.75) is 0 Å². The maximum Gasteiger partial charge on any atom is 0.338 e. The molecule has 3 rings (SSSR count). The van der Waals surface area contributed by atoms with Crippen molar-refractivity contribution in [2.24, 2.45) is 0 Å². The second-order valence-electron chi connectivity index (χ2n) is 6.70. The fourth-order valence-electron chi connectivity index (χ4n) is 2.91. The summed E-state index contributed by atoms with van der Waals surface area (Å²) in [5.41, 5.74) is 3.33. The molecule has 0 aliphatic carbocycles. The highest BCUT2D eigenvalue weighted by molar-refractivity contribution is 5.95. The highest BCUT2D eigenvalue weighted by Crippen LogP contribution is 2.20. The third-order valence-corrected chi connectivity index (χ3v) is 4.61. The van der Waals surface area contributed by atoms with Crippen LogP contribution in [0, 0.1) is 20.2 Å². The summed E-state index contributed by atoms with van der Waals surface area (Å²) >= 11 is 0. The standard InChI is InChI=1S/C24H18N2O6/c1-32-24(27)23-15-9-19(3-2-17-5-11-21(12-6-17)25(28)29)16-20(23)10-4-18-7-13-22(14-8-18)26(30)31/h2-16H,1H3. The molecule has 0 aromatic heterocycles. The number of methoxy groups -OCH3 is 1. The summed E-state index contributed by atoms with van der Waals surface area (Å²) in [6, 6.07) is 17.4. The molecule has 32 heavy (non-hydrogen) atoms. The van der Waals surface area contributed by atoms with Gasteiger partial charge in [-0.25, -0.2) is 4.79 Å². The predicted octanol–water partition coefficient (Wildman–Crippen LogP) is 5.63. The second kappa shape index (κ2) is 9.94. The molecular formula is C24H18N2O6.